The van der Waals surface area contributed by atoms with Gasteiger partial charge in [0.25, 0.3) is 0 Å². The zero-order valence-corrected chi connectivity index (χ0v) is 15.7. The minimum absolute atomic E-state index is 0.0656. The van der Waals surface area contributed by atoms with Crippen molar-refractivity contribution >= 4 is 11.7 Å². The summed E-state index contributed by atoms with van der Waals surface area (Å²) in [6.07, 6.45) is 0.616. The van der Waals surface area contributed by atoms with Gasteiger partial charge < -0.3 is 19.9 Å². The predicted octanol–water partition coefficient (Wildman–Crippen LogP) is 3.30. The second-order valence-electron chi connectivity index (χ2n) is 6.49. The molecule has 1 N–H and O–H groups in total. The molecule has 0 unspecified atom stereocenters. The first kappa shape index (κ1) is 19.0. The van der Waals surface area contributed by atoms with Gasteiger partial charge in [-0.2, -0.15) is 0 Å². The van der Waals surface area contributed by atoms with Gasteiger partial charge in [0, 0.05) is 32.7 Å². The molecule has 2 amide bonds. The molecule has 27 heavy (non-hydrogen) atoms. The number of carbonyl (C=O) groups excluding carboxylic acids is 1. The van der Waals surface area contributed by atoms with Crippen molar-refractivity contribution in [2.24, 2.45) is 0 Å². The molecule has 2 aromatic carbocycles. The number of nitrogens with zero attached hydrogens (tertiary/aromatic N) is 2. The summed E-state index contributed by atoms with van der Waals surface area (Å²) in [5.74, 6) is 0.635. The quantitative estimate of drug-likeness (QED) is 0.847. The maximum atomic E-state index is 13.2. The minimum atomic E-state index is -0.248. The molecule has 5 nitrogen and oxygen atoms in total. The number of para-hydroxylation sites is 2. The Hall–Kier alpha value is -2.76. The fourth-order valence-corrected chi connectivity index (χ4v) is 3.26. The first-order valence-electron chi connectivity index (χ1n) is 9.41. The van der Waals surface area contributed by atoms with Gasteiger partial charge in [-0.3, -0.25) is 0 Å². The van der Waals surface area contributed by atoms with Crippen LogP contribution in [0, 0.1) is 5.82 Å². The van der Waals surface area contributed by atoms with Crippen LogP contribution < -0.4 is 15.0 Å². The summed E-state index contributed by atoms with van der Waals surface area (Å²) in [6, 6.07) is 14.4. The molecule has 2 aromatic rings. The van der Waals surface area contributed by atoms with Gasteiger partial charge in [-0.05, 0) is 43.2 Å². The molecular formula is C21H26FN3O2. The van der Waals surface area contributed by atoms with E-state index in [1.54, 1.807) is 6.07 Å². The highest BCUT2D eigenvalue weighted by molar-refractivity contribution is 5.74. The van der Waals surface area contributed by atoms with Crippen molar-refractivity contribution in [2.45, 2.75) is 13.3 Å². The van der Waals surface area contributed by atoms with E-state index in [4.69, 9.17) is 4.74 Å². The molecular weight excluding hydrogens is 345 g/mol. The monoisotopic (exact) mass is 371 g/mol. The summed E-state index contributed by atoms with van der Waals surface area (Å²) >= 11 is 0. The number of anilines is 1. The number of hydrogen-bond donors (Lipinski definition) is 1. The van der Waals surface area contributed by atoms with Crippen molar-refractivity contribution in [3.8, 4) is 5.75 Å². The predicted molar refractivity (Wildman–Crippen MR) is 105 cm³/mol. The zero-order chi connectivity index (χ0) is 19.1. The molecule has 1 heterocycles. The first-order chi connectivity index (χ1) is 13.2. The Bertz CT molecular complexity index is 761. The van der Waals surface area contributed by atoms with E-state index >= 15 is 0 Å². The summed E-state index contributed by atoms with van der Waals surface area (Å²) in [6.45, 7) is 5.95. The number of ether oxygens (including phenoxy) is 1. The molecule has 6 heteroatoms. The molecule has 0 atom stereocenters. The number of nitrogens with one attached hydrogen (secondary N) is 1. The van der Waals surface area contributed by atoms with Crippen molar-refractivity contribution in [2.75, 3.05) is 44.2 Å². The third-order valence-corrected chi connectivity index (χ3v) is 4.65. The number of piperazine rings is 1. The molecule has 0 aliphatic carbocycles. The number of hydrogen-bond acceptors (Lipinski definition) is 3. The number of benzene rings is 2. The Balaban J connectivity index is 1.47. The highest BCUT2D eigenvalue weighted by Crippen LogP contribution is 2.28. The maximum Gasteiger partial charge on any atom is 0.317 e. The van der Waals surface area contributed by atoms with Crippen LogP contribution in [-0.2, 0) is 6.42 Å². The third-order valence-electron chi connectivity index (χ3n) is 4.65. The summed E-state index contributed by atoms with van der Waals surface area (Å²) in [7, 11) is 0. The van der Waals surface area contributed by atoms with E-state index in [1.807, 2.05) is 36.1 Å². The Morgan fingerprint density at radius 3 is 2.63 bits per heavy atom. The van der Waals surface area contributed by atoms with Gasteiger partial charge in [0.05, 0.1) is 12.3 Å². The van der Waals surface area contributed by atoms with Gasteiger partial charge in [0.15, 0.2) is 0 Å². The van der Waals surface area contributed by atoms with E-state index in [2.05, 4.69) is 16.3 Å². The highest BCUT2D eigenvalue weighted by atomic mass is 19.1. The lowest BCUT2D eigenvalue weighted by atomic mass is 10.1. The maximum absolute atomic E-state index is 13.2. The van der Waals surface area contributed by atoms with Crippen molar-refractivity contribution in [1.82, 2.24) is 10.2 Å². The Morgan fingerprint density at radius 2 is 1.89 bits per heavy atom. The van der Waals surface area contributed by atoms with Gasteiger partial charge in [-0.1, -0.05) is 24.3 Å². The molecule has 3 rings (SSSR count). The van der Waals surface area contributed by atoms with Crippen LogP contribution in [0.25, 0.3) is 0 Å². The number of rotatable bonds is 6. The van der Waals surface area contributed by atoms with Crippen LogP contribution in [0.5, 0.6) is 5.75 Å². The molecule has 1 aliphatic rings. The van der Waals surface area contributed by atoms with Gasteiger partial charge in [0.2, 0.25) is 0 Å². The van der Waals surface area contributed by atoms with Crippen LogP contribution in [0.3, 0.4) is 0 Å². The topological polar surface area (TPSA) is 44.8 Å². The summed E-state index contributed by atoms with van der Waals surface area (Å²) < 4.78 is 18.9. The van der Waals surface area contributed by atoms with Crippen LogP contribution in [-0.4, -0.2) is 50.3 Å². The normalized spacial score (nSPS) is 14.1. The number of carbonyl (C=O) groups is 1. The van der Waals surface area contributed by atoms with Gasteiger partial charge >= 0.3 is 6.03 Å². The van der Waals surface area contributed by atoms with Crippen molar-refractivity contribution in [1.29, 1.82) is 0 Å². The van der Waals surface area contributed by atoms with Crippen molar-refractivity contribution in [3.63, 3.8) is 0 Å². The lowest BCUT2D eigenvalue weighted by Gasteiger charge is -2.36. The number of urea groups is 1. The highest BCUT2D eigenvalue weighted by Gasteiger charge is 2.22. The van der Waals surface area contributed by atoms with Crippen LogP contribution in [0.1, 0.15) is 12.5 Å². The average molecular weight is 371 g/mol. The van der Waals surface area contributed by atoms with Gasteiger partial charge in [-0.15, -0.1) is 0 Å². The largest absolute Gasteiger partial charge is 0.492 e. The summed E-state index contributed by atoms with van der Waals surface area (Å²) in [5, 5.41) is 2.93. The van der Waals surface area contributed by atoms with E-state index in [0.29, 0.717) is 32.7 Å². The minimum Gasteiger partial charge on any atom is -0.492 e. The lowest BCUT2D eigenvalue weighted by Crippen LogP contribution is -2.52. The number of halogens is 1. The fraction of sp³-hybridized carbons (Fsp3) is 0.381. The van der Waals surface area contributed by atoms with E-state index in [1.165, 1.54) is 12.1 Å². The molecule has 0 bridgehead atoms. The molecule has 0 spiro atoms. The van der Waals surface area contributed by atoms with Crippen LogP contribution >= 0.6 is 0 Å². The second-order valence-corrected chi connectivity index (χ2v) is 6.49. The number of amides is 2. The van der Waals surface area contributed by atoms with Crippen LogP contribution in [0.15, 0.2) is 48.5 Å². The van der Waals surface area contributed by atoms with Crippen molar-refractivity contribution < 1.29 is 13.9 Å². The van der Waals surface area contributed by atoms with Gasteiger partial charge in [0.1, 0.15) is 11.6 Å². The molecule has 0 radical (unpaired) electrons. The standard InChI is InChI=1S/C21H26FN3O2/c1-2-27-20-9-4-3-8-19(20)24-12-14-25(15-13-24)21(26)23-11-10-17-6-5-7-18(22)16-17/h3-9,16H,2,10-15H2,1H3,(H,23,26). The first-order valence-corrected chi connectivity index (χ1v) is 9.41. The van der Waals surface area contributed by atoms with E-state index < -0.39 is 0 Å². The molecule has 144 valence electrons. The summed E-state index contributed by atoms with van der Waals surface area (Å²) in [5.41, 5.74) is 1.96. The Labute approximate surface area is 159 Å². The Kier molecular flexibility index (Phi) is 6.52. The average Bonchev–Trinajstić information content (AvgIpc) is 2.69. The third kappa shape index (κ3) is 5.12. The van der Waals surface area contributed by atoms with E-state index in [0.717, 1.165) is 30.1 Å². The Morgan fingerprint density at radius 1 is 1.11 bits per heavy atom. The smallest absolute Gasteiger partial charge is 0.317 e. The molecule has 1 saturated heterocycles. The van der Waals surface area contributed by atoms with E-state index in [-0.39, 0.29) is 11.8 Å². The van der Waals surface area contributed by atoms with Crippen LogP contribution in [0.2, 0.25) is 0 Å². The molecule has 1 aliphatic heterocycles. The van der Waals surface area contributed by atoms with Gasteiger partial charge in [-0.25, -0.2) is 9.18 Å². The van der Waals surface area contributed by atoms with Crippen molar-refractivity contribution in [3.05, 3.63) is 59.9 Å². The molecule has 1 fully saturated rings. The lowest BCUT2D eigenvalue weighted by molar-refractivity contribution is 0.194. The molecule has 0 saturated carbocycles. The van der Waals surface area contributed by atoms with E-state index in [9.17, 15) is 9.18 Å². The zero-order valence-electron chi connectivity index (χ0n) is 15.7. The van der Waals surface area contributed by atoms with Crippen LogP contribution in [0.4, 0.5) is 14.9 Å². The SMILES string of the molecule is CCOc1ccccc1N1CCN(C(=O)NCCc2cccc(F)c2)CC1. The molecule has 0 aromatic heterocycles. The fourth-order valence-electron chi connectivity index (χ4n) is 3.26. The second kappa shape index (κ2) is 9.26. The summed E-state index contributed by atoms with van der Waals surface area (Å²) in [4.78, 5) is 16.4.